The van der Waals surface area contributed by atoms with E-state index in [-0.39, 0.29) is 12.5 Å². The van der Waals surface area contributed by atoms with Crippen molar-refractivity contribution in [3.05, 3.63) is 0 Å². The van der Waals surface area contributed by atoms with Gasteiger partial charge in [-0.05, 0) is 19.3 Å². The Morgan fingerprint density at radius 2 is 1.70 bits per heavy atom. The van der Waals surface area contributed by atoms with Crippen molar-refractivity contribution in [1.82, 2.24) is 5.32 Å². The van der Waals surface area contributed by atoms with Crippen molar-refractivity contribution < 1.29 is 35.9 Å². The van der Waals surface area contributed by atoms with Crippen molar-refractivity contribution in [3.63, 3.8) is 0 Å². The van der Waals surface area contributed by atoms with Gasteiger partial charge in [-0.2, -0.15) is 26.3 Å². The van der Waals surface area contributed by atoms with Crippen molar-refractivity contribution in [2.24, 2.45) is 5.73 Å². The maximum Gasteiger partial charge on any atom is 0.423 e. The lowest BCUT2D eigenvalue weighted by atomic mass is 10.2. The Morgan fingerprint density at radius 1 is 1.20 bits per heavy atom. The van der Waals surface area contributed by atoms with Crippen molar-refractivity contribution in [3.8, 4) is 0 Å². The Balaban J connectivity index is 2.48. The average molecular weight is 308 g/mol. The van der Waals surface area contributed by atoms with Gasteiger partial charge in [0.2, 0.25) is 12.0 Å². The van der Waals surface area contributed by atoms with Crippen molar-refractivity contribution in [1.29, 1.82) is 0 Å². The molecule has 0 aliphatic heterocycles. The van der Waals surface area contributed by atoms with Gasteiger partial charge >= 0.3 is 12.4 Å². The summed E-state index contributed by atoms with van der Waals surface area (Å²) in [6.45, 7) is -0.878. The van der Waals surface area contributed by atoms with E-state index in [0.717, 1.165) is 12.8 Å². The molecule has 1 fully saturated rings. The Hall–Kier alpha value is -1.03. The third kappa shape index (κ3) is 5.53. The van der Waals surface area contributed by atoms with E-state index in [1.807, 2.05) is 0 Å². The number of amides is 1. The van der Waals surface area contributed by atoms with Gasteiger partial charge in [0.25, 0.3) is 0 Å². The number of carbonyl (C=O) groups is 1. The molecule has 0 heterocycles. The van der Waals surface area contributed by atoms with Gasteiger partial charge in [0.15, 0.2) is 0 Å². The summed E-state index contributed by atoms with van der Waals surface area (Å²) in [6, 6.07) is -0.960. The van der Waals surface area contributed by atoms with Crippen LogP contribution in [0.5, 0.6) is 0 Å². The summed E-state index contributed by atoms with van der Waals surface area (Å²) < 4.78 is 76.9. The molecule has 0 aromatic rings. The van der Waals surface area contributed by atoms with Crippen molar-refractivity contribution in [2.45, 2.75) is 49.8 Å². The van der Waals surface area contributed by atoms with Gasteiger partial charge < -0.3 is 15.8 Å². The first-order chi connectivity index (χ1) is 9.01. The fourth-order valence-corrected chi connectivity index (χ4v) is 1.52. The Morgan fingerprint density at radius 3 is 2.05 bits per heavy atom. The largest absolute Gasteiger partial charge is 0.423 e. The molecule has 1 unspecified atom stereocenters. The number of hydrogen-bond donors (Lipinski definition) is 2. The van der Waals surface area contributed by atoms with Crippen molar-refractivity contribution in [2.75, 3.05) is 6.61 Å². The molecule has 0 saturated heterocycles. The zero-order valence-electron chi connectivity index (χ0n) is 10.2. The molecule has 1 rings (SSSR count). The number of primary amides is 1. The molecule has 1 amide bonds. The molecule has 1 aliphatic rings. The highest BCUT2D eigenvalue weighted by Gasteiger charge is 2.57. The monoisotopic (exact) mass is 308 g/mol. The van der Waals surface area contributed by atoms with E-state index in [0.29, 0.717) is 0 Å². The standard InChI is InChI=1S/C10H14F6N2O2/c11-9(12,13)8(10(14,15)16)20-4-3-6(7(17)19)18-5-1-2-5/h5-6,8,18H,1-4H2,(H2,17,19). The summed E-state index contributed by atoms with van der Waals surface area (Å²) in [7, 11) is 0. The Kier molecular flexibility index (Phi) is 5.25. The average Bonchev–Trinajstić information content (AvgIpc) is 3.01. The third-order valence-corrected chi connectivity index (χ3v) is 2.64. The van der Waals surface area contributed by atoms with E-state index < -0.39 is 37.0 Å². The highest BCUT2D eigenvalue weighted by molar-refractivity contribution is 5.79. The molecule has 3 N–H and O–H groups in total. The van der Waals surface area contributed by atoms with E-state index in [2.05, 4.69) is 10.1 Å². The highest BCUT2D eigenvalue weighted by Crippen LogP contribution is 2.35. The number of nitrogens with one attached hydrogen (secondary N) is 1. The maximum atomic E-state index is 12.2. The van der Waals surface area contributed by atoms with Crippen LogP contribution in [-0.4, -0.2) is 43.1 Å². The van der Waals surface area contributed by atoms with E-state index in [1.165, 1.54) is 0 Å². The molecular formula is C10H14F6N2O2. The molecule has 118 valence electrons. The topological polar surface area (TPSA) is 64.4 Å². The third-order valence-electron chi connectivity index (χ3n) is 2.64. The molecule has 1 atom stereocenters. The van der Waals surface area contributed by atoms with Gasteiger partial charge in [-0.15, -0.1) is 0 Å². The lowest BCUT2D eigenvalue weighted by Gasteiger charge is -2.24. The van der Waals surface area contributed by atoms with Crippen LogP contribution in [0.2, 0.25) is 0 Å². The fraction of sp³-hybridized carbons (Fsp3) is 0.900. The van der Waals surface area contributed by atoms with Crippen LogP contribution in [0.25, 0.3) is 0 Å². The van der Waals surface area contributed by atoms with Crippen LogP contribution in [0.4, 0.5) is 26.3 Å². The van der Waals surface area contributed by atoms with Gasteiger partial charge in [0, 0.05) is 12.6 Å². The van der Waals surface area contributed by atoms with E-state index in [9.17, 15) is 31.1 Å². The summed E-state index contributed by atoms with van der Waals surface area (Å²) in [6.07, 6.45) is -13.7. The van der Waals surface area contributed by atoms with Crippen LogP contribution >= 0.6 is 0 Å². The predicted octanol–water partition coefficient (Wildman–Crippen LogP) is 1.49. The van der Waals surface area contributed by atoms with Crippen LogP contribution in [-0.2, 0) is 9.53 Å². The zero-order chi connectivity index (χ0) is 15.6. The van der Waals surface area contributed by atoms with E-state index >= 15 is 0 Å². The molecule has 0 radical (unpaired) electrons. The summed E-state index contributed by atoms with van der Waals surface area (Å²) in [5.41, 5.74) is 5.00. The molecule has 0 aromatic carbocycles. The lowest BCUT2D eigenvalue weighted by molar-refractivity contribution is -0.321. The molecule has 0 bridgehead atoms. The SMILES string of the molecule is NC(=O)C(CCOC(C(F)(F)F)C(F)(F)F)NC1CC1. The van der Waals surface area contributed by atoms with Gasteiger partial charge in [0.05, 0.1) is 6.04 Å². The number of alkyl halides is 6. The van der Waals surface area contributed by atoms with E-state index in [1.54, 1.807) is 0 Å². The van der Waals surface area contributed by atoms with Crippen LogP contribution in [0.1, 0.15) is 19.3 Å². The summed E-state index contributed by atoms with van der Waals surface area (Å²) in [5, 5.41) is 2.72. The normalized spacial score (nSPS) is 18.4. The number of ether oxygens (including phenoxy) is 1. The van der Waals surface area contributed by atoms with Gasteiger partial charge in [0.1, 0.15) is 0 Å². The molecule has 4 nitrogen and oxygen atoms in total. The Bertz CT molecular complexity index is 326. The van der Waals surface area contributed by atoms with Crippen LogP contribution in [0.3, 0.4) is 0 Å². The summed E-state index contributed by atoms with van der Waals surface area (Å²) in [4.78, 5) is 11.0. The van der Waals surface area contributed by atoms with Crippen LogP contribution in [0.15, 0.2) is 0 Å². The van der Waals surface area contributed by atoms with Gasteiger partial charge in [-0.1, -0.05) is 0 Å². The number of hydrogen-bond acceptors (Lipinski definition) is 3. The number of carbonyl (C=O) groups excluding carboxylic acids is 1. The first-order valence-electron chi connectivity index (χ1n) is 5.82. The first kappa shape index (κ1) is 17.0. The van der Waals surface area contributed by atoms with Crippen molar-refractivity contribution >= 4 is 5.91 Å². The maximum absolute atomic E-state index is 12.2. The predicted molar refractivity (Wildman–Crippen MR) is 55.6 cm³/mol. The quantitative estimate of drug-likeness (QED) is 0.701. The molecule has 1 aliphatic carbocycles. The minimum Gasteiger partial charge on any atom is -0.368 e. The fourth-order valence-electron chi connectivity index (χ4n) is 1.52. The number of halogens is 6. The molecule has 1 saturated carbocycles. The minimum atomic E-state index is -5.55. The van der Waals surface area contributed by atoms with E-state index in [4.69, 9.17) is 5.73 Å². The second-order valence-electron chi connectivity index (χ2n) is 4.52. The second-order valence-corrected chi connectivity index (χ2v) is 4.52. The molecule has 20 heavy (non-hydrogen) atoms. The number of nitrogens with two attached hydrogens (primary N) is 1. The molecule has 0 aromatic heterocycles. The smallest absolute Gasteiger partial charge is 0.368 e. The molecule has 10 heteroatoms. The lowest BCUT2D eigenvalue weighted by Crippen LogP contribution is -2.46. The van der Waals surface area contributed by atoms with Crippen LogP contribution in [0, 0.1) is 0 Å². The van der Waals surface area contributed by atoms with Gasteiger partial charge in [-0.3, -0.25) is 4.79 Å². The van der Waals surface area contributed by atoms with Gasteiger partial charge in [-0.25, -0.2) is 0 Å². The Labute approximate surface area is 110 Å². The van der Waals surface area contributed by atoms with Crippen LogP contribution < -0.4 is 11.1 Å². The highest BCUT2D eigenvalue weighted by atomic mass is 19.4. The first-order valence-corrected chi connectivity index (χ1v) is 5.82. The zero-order valence-corrected chi connectivity index (χ0v) is 10.2. The second kappa shape index (κ2) is 6.17. The minimum absolute atomic E-state index is 0.0357. The molecule has 0 spiro atoms. The number of rotatable bonds is 7. The summed E-state index contributed by atoms with van der Waals surface area (Å²) in [5.74, 6) is -0.837. The summed E-state index contributed by atoms with van der Waals surface area (Å²) >= 11 is 0. The molecular weight excluding hydrogens is 294 g/mol.